The number of fused-ring (bicyclic) bond motifs is 1. The summed E-state index contributed by atoms with van der Waals surface area (Å²) in [5.41, 5.74) is 1.96. The molecule has 1 atom stereocenters. The highest BCUT2D eigenvalue weighted by Gasteiger charge is 2.07. The summed E-state index contributed by atoms with van der Waals surface area (Å²) < 4.78 is 1.77. The number of rotatable bonds is 7. The van der Waals surface area contributed by atoms with Crippen molar-refractivity contribution in [2.24, 2.45) is 5.92 Å². The molecule has 0 fully saturated rings. The van der Waals surface area contributed by atoms with Crippen LogP contribution >= 0.6 is 0 Å². The second kappa shape index (κ2) is 6.36. The minimum absolute atomic E-state index is 0.235. The SMILES string of the molecule is Cc1cc(NCCC(C)CCC(=O)O)n2ncnc2c1. The van der Waals surface area contributed by atoms with Gasteiger partial charge in [-0.3, -0.25) is 4.79 Å². The Bertz CT molecular complexity index is 594. The third kappa shape index (κ3) is 3.69. The van der Waals surface area contributed by atoms with Crippen molar-refractivity contribution in [3.63, 3.8) is 0 Å². The van der Waals surface area contributed by atoms with Crippen molar-refractivity contribution in [3.8, 4) is 0 Å². The van der Waals surface area contributed by atoms with Crippen molar-refractivity contribution in [1.82, 2.24) is 14.6 Å². The molecule has 2 rings (SSSR count). The van der Waals surface area contributed by atoms with E-state index in [4.69, 9.17) is 5.11 Å². The molecule has 2 N–H and O–H groups in total. The summed E-state index contributed by atoms with van der Waals surface area (Å²) in [5.74, 6) is 0.574. The van der Waals surface area contributed by atoms with Gasteiger partial charge in [0, 0.05) is 13.0 Å². The number of pyridine rings is 1. The Hall–Kier alpha value is -2.11. The first-order valence-electron chi connectivity index (χ1n) is 6.82. The lowest BCUT2D eigenvalue weighted by Gasteiger charge is -2.12. The first kappa shape index (κ1) is 14.3. The second-order valence-electron chi connectivity index (χ2n) is 5.20. The van der Waals surface area contributed by atoms with Crippen LogP contribution in [0.2, 0.25) is 0 Å². The predicted octanol–water partition coefficient (Wildman–Crippen LogP) is 2.34. The standard InChI is InChI=1S/C14H20N4O2/c1-10(3-4-14(19)20)5-6-15-12-7-11(2)8-13-16-9-17-18(12)13/h7-10,15H,3-6H2,1-2H3,(H,19,20). The molecule has 0 spiro atoms. The van der Waals surface area contributed by atoms with Crippen LogP contribution in [-0.2, 0) is 4.79 Å². The lowest BCUT2D eigenvalue weighted by atomic mass is 10.0. The maximum Gasteiger partial charge on any atom is 0.303 e. The molecule has 0 saturated carbocycles. The Morgan fingerprint density at radius 1 is 1.45 bits per heavy atom. The molecule has 2 aromatic rings. The van der Waals surface area contributed by atoms with Crippen LogP contribution in [0.25, 0.3) is 5.65 Å². The first-order valence-corrected chi connectivity index (χ1v) is 6.82. The molecule has 0 bridgehead atoms. The summed E-state index contributed by atoms with van der Waals surface area (Å²) in [7, 11) is 0. The molecule has 2 aromatic heterocycles. The van der Waals surface area contributed by atoms with Crippen LogP contribution in [0.3, 0.4) is 0 Å². The van der Waals surface area contributed by atoms with E-state index in [1.165, 1.54) is 6.33 Å². The zero-order valence-corrected chi connectivity index (χ0v) is 11.8. The van der Waals surface area contributed by atoms with Gasteiger partial charge in [0.2, 0.25) is 0 Å². The Labute approximate surface area is 117 Å². The lowest BCUT2D eigenvalue weighted by molar-refractivity contribution is -0.137. The van der Waals surface area contributed by atoms with Gasteiger partial charge < -0.3 is 10.4 Å². The normalized spacial score (nSPS) is 12.5. The molecule has 20 heavy (non-hydrogen) atoms. The highest BCUT2D eigenvalue weighted by atomic mass is 16.4. The summed E-state index contributed by atoms with van der Waals surface area (Å²) in [6.07, 6.45) is 3.41. The lowest BCUT2D eigenvalue weighted by Crippen LogP contribution is -2.11. The molecule has 6 nitrogen and oxygen atoms in total. The third-order valence-electron chi connectivity index (χ3n) is 3.32. The van der Waals surface area contributed by atoms with E-state index in [0.29, 0.717) is 12.3 Å². The molecule has 0 saturated heterocycles. The molecule has 108 valence electrons. The van der Waals surface area contributed by atoms with E-state index >= 15 is 0 Å². The Morgan fingerprint density at radius 3 is 3.00 bits per heavy atom. The maximum absolute atomic E-state index is 10.5. The van der Waals surface area contributed by atoms with Gasteiger partial charge in [0.1, 0.15) is 12.1 Å². The molecular formula is C14H20N4O2. The molecule has 0 amide bonds. The highest BCUT2D eigenvalue weighted by Crippen LogP contribution is 2.15. The van der Waals surface area contributed by atoms with Crippen molar-refractivity contribution < 1.29 is 9.90 Å². The third-order valence-corrected chi connectivity index (χ3v) is 3.32. The van der Waals surface area contributed by atoms with Gasteiger partial charge in [-0.1, -0.05) is 6.92 Å². The smallest absolute Gasteiger partial charge is 0.303 e. The van der Waals surface area contributed by atoms with Gasteiger partial charge in [0.05, 0.1) is 0 Å². The molecule has 6 heteroatoms. The van der Waals surface area contributed by atoms with Crippen molar-refractivity contribution in [1.29, 1.82) is 0 Å². The molecule has 1 unspecified atom stereocenters. The summed E-state index contributed by atoms with van der Waals surface area (Å²) in [5, 5.41) is 16.2. The average molecular weight is 276 g/mol. The number of aryl methyl sites for hydroxylation is 1. The number of hydrogen-bond acceptors (Lipinski definition) is 4. The molecule has 2 heterocycles. The number of nitrogens with one attached hydrogen (secondary N) is 1. The number of aromatic nitrogens is 3. The summed E-state index contributed by atoms with van der Waals surface area (Å²) in [6, 6.07) is 4.01. The number of aliphatic carboxylic acids is 1. The predicted molar refractivity (Wildman–Crippen MR) is 76.9 cm³/mol. The van der Waals surface area contributed by atoms with E-state index in [0.717, 1.165) is 30.0 Å². The monoisotopic (exact) mass is 276 g/mol. The average Bonchev–Trinajstić information content (AvgIpc) is 2.84. The van der Waals surface area contributed by atoms with Crippen LogP contribution in [0.1, 0.15) is 31.7 Å². The second-order valence-corrected chi connectivity index (χ2v) is 5.20. The zero-order chi connectivity index (χ0) is 14.5. The molecule has 0 aromatic carbocycles. The summed E-state index contributed by atoms with van der Waals surface area (Å²) in [6.45, 7) is 4.89. The fraction of sp³-hybridized carbons (Fsp3) is 0.500. The van der Waals surface area contributed by atoms with E-state index < -0.39 is 5.97 Å². The number of carbonyl (C=O) groups is 1. The Balaban J connectivity index is 1.89. The minimum atomic E-state index is -0.729. The zero-order valence-electron chi connectivity index (χ0n) is 11.8. The number of carboxylic acids is 1. The van der Waals surface area contributed by atoms with Gasteiger partial charge in [-0.15, -0.1) is 0 Å². The van der Waals surface area contributed by atoms with Gasteiger partial charge in [-0.05, 0) is 43.4 Å². The Morgan fingerprint density at radius 2 is 2.25 bits per heavy atom. The number of nitrogens with zero attached hydrogens (tertiary/aromatic N) is 3. The summed E-state index contributed by atoms with van der Waals surface area (Å²) >= 11 is 0. The molecule has 0 aliphatic carbocycles. The van der Waals surface area contributed by atoms with Gasteiger partial charge in [-0.25, -0.2) is 4.98 Å². The van der Waals surface area contributed by atoms with E-state index in [2.05, 4.69) is 22.3 Å². The van der Waals surface area contributed by atoms with Crippen LogP contribution < -0.4 is 5.32 Å². The molecule has 0 aliphatic rings. The van der Waals surface area contributed by atoms with Crippen molar-refractivity contribution in [3.05, 3.63) is 24.0 Å². The maximum atomic E-state index is 10.5. The van der Waals surface area contributed by atoms with Crippen molar-refractivity contribution in [2.75, 3.05) is 11.9 Å². The fourth-order valence-electron chi connectivity index (χ4n) is 2.14. The summed E-state index contributed by atoms with van der Waals surface area (Å²) in [4.78, 5) is 14.7. The first-order chi connectivity index (χ1) is 9.56. The van der Waals surface area contributed by atoms with Crippen LogP contribution in [0, 0.1) is 12.8 Å². The van der Waals surface area contributed by atoms with E-state index in [9.17, 15) is 4.79 Å². The number of hydrogen-bond donors (Lipinski definition) is 2. The van der Waals surface area contributed by atoms with Crippen molar-refractivity contribution >= 4 is 17.4 Å². The minimum Gasteiger partial charge on any atom is -0.481 e. The van der Waals surface area contributed by atoms with Crippen LogP contribution in [0.4, 0.5) is 5.82 Å². The van der Waals surface area contributed by atoms with Crippen LogP contribution in [0.15, 0.2) is 18.5 Å². The quantitative estimate of drug-likeness (QED) is 0.811. The van der Waals surface area contributed by atoms with Gasteiger partial charge in [-0.2, -0.15) is 9.61 Å². The molecular weight excluding hydrogens is 256 g/mol. The van der Waals surface area contributed by atoms with Gasteiger partial charge in [0.25, 0.3) is 0 Å². The van der Waals surface area contributed by atoms with Gasteiger partial charge in [0.15, 0.2) is 5.65 Å². The van der Waals surface area contributed by atoms with Crippen molar-refractivity contribution in [2.45, 2.75) is 33.1 Å². The van der Waals surface area contributed by atoms with Crippen LogP contribution in [-0.4, -0.2) is 32.2 Å². The fourth-order valence-corrected chi connectivity index (χ4v) is 2.14. The topological polar surface area (TPSA) is 79.5 Å². The van der Waals surface area contributed by atoms with E-state index in [1.54, 1.807) is 4.52 Å². The van der Waals surface area contributed by atoms with Gasteiger partial charge >= 0.3 is 5.97 Å². The van der Waals surface area contributed by atoms with E-state index in [1.807, 2.05) is 19.1 Å². The number of anilines is 1. The highest BCUT2D eigenvalue weighted by molar-refractivity contribution is 5.66. The number of carboxylic acid groups (broad SMARTS) is 1. The van der Waals surface area contributed by atoms with E-state index in [-0.39, 0.29) is 6.42 Å². The Kier molecular flexibility index (Phi) is 4.55. The molecule has 0 radical (unpaired) electrons. The molecule has 0 aliphatic heterocycles. The van der Waals surface area contributed by atoms with Crippen LogP contribution in [0.5, 0.6) is 0 Å². The largest absolute Gasteiger partial charge is 0.481 e.